The van der Waals surface area contributed by atoms with Gasteiger partial charge in [0, 0.05) is 34.6 Å². The highest BCUT2D eigenvalue weighted by Gasteiger charge is 2.28. The summed E-state index contributed by atoms with van der Waals surface area (Å²) in [6, 6.07) is 42.3. The molecule has 0 N–H and O–H groups in total. The van der Waals surface area contributed by atoms with Gasteiger partial charge in [-0.1, -0.05) is 72.8 Å². The van der Waals surface area contributed by atoms with Crippen molar-refractivity contribution in [3.05, 3.63) is 145 Å². The number of pyridine rings is 2. The van der Waals surface area contributed by atoms with E-state index in [2.05, 4.69) is 118 Å². The van der Waals surface area contributed by atoms with Gasteiger partial charge in [0.2, 0.25) is 0 Å². The van der Waals surface area contributed by atoms with Crippen LogP contribution in [0, 0.1) is 0 Å². The summed E-state index contributed by atoms with van der Waals surface area (Å²) in [5.74, 6) is 1.59. The average molecular weight is 635 g/mol. The first kappa shape index (κ1) is 30.1. The Morgan fingerprint density at radius 2 is 0.812 bits per heavy atom. The van der Waals surface area contributed by atoms with Gasteiger partial charge in [-0.25, -0.2) is 0 Å². The van der Waals surface area contributed by atoms with Gasteiger partial charge in [-0.15, -0.1) is 0 Å². The molecule has 0 amide bonds. The zero-order chi connectivity index (χ0) is 32.1. The maximum Gasteiger partial charge on any atom is 0.119 e. The fourth-order valence-corrected chi connectivity index (χ4v) is 6.98. The maximum atomic E-state index is 6.21. The highest BCUT2D eigenvalue weighted by atomic mass is 16.5. The third-order valence-electron chi connectivity index (χ3n) is 9.06. The largest absolute Gasteiger partial charge is 0.491 e. The van der Waals surface area contributed by atoms with Crippen molar-refractivity contribution < 1.29 is 18.9 Å². The molecule has 0 saturated carbocycles. The van der Waals surface area contributed by atoms with E-state index in [-0.39, 0.29) is 0 Å². The molecule has 0 unspecified atom stereocenters. The fraction of sp³-hybridized carbons (Fsp3) is 0.190. The smallest absolute Gasteiger partial charge is 0.119 e. The number of rotatable bonds is 2. The van der Waals surface area contributed by atoms with Gasteiger partial charge in [0.1, 0.15) is 24.7 Å². The number of ether oxygens (including phenoxy) is 4. The third-order valence-corrected chi connectivity index (χ3v) is 9.06. The van der Waals surface area contributed by atoms with E-state index < -0.39 is 0 Å². The molecular formula is C42H38N2O4. The number of benzene rings is 3. The van der Waals surface area contributed by atoms with Crippen LogP contribution in [0.1, 0.15) is 11.1 Å². The van der Waals surface area contributed by atoms with Crippen molar-refractivity contribution in [1.29, 1.82) is 0 Å². The zero-order valence-electron chi connectivity index (χ0n) is 26.9. The van der Waals surface area contributed by atoms with Crippen molar-refractivity contribution in [2.24, 2.45) is 0 Å². The van der Waals surface area contributed by atoms with Crippen LogP contribution in [0.3, 0.4) is 0 Å². The molecule has 3 aromatic carbocycles. The first-order valence-electron chi connectivity index (χ1n) is 16.7. The summed E-state index contributed by atoms with van der Waals surface area (Å²) in [5.41, 5.74) is 12.1. The molecule has 6 heteroatoms. The minimum Gasteiger partial charge on any atom is -0.491 e. The van der Waals surface area contributed by atoms with Crippen LogP contribution in [-0.4, -0.2) is 48.4 Å². The SMILES string of the molecule is c1ccc(-c2c3c4ccccn4c2-c2c(-c4ccccc4)c(c4ccccn24)CCOCCOc2ccc(cc2)OCCOCC3)cc1. The van der Waals surface area contributed by atoms with Crippen molar-refractivity contribution in [2.45, 2.75) is 12.8 Å². The van der Waals surface area contributed by atoms with Gasteiger partial charge in [0.15, 0.2) is 0 Å². The van der Waals surface area contributed by atoms with Crippen LogP contribution < -0.4 is 9.47 Å². The van der Waals surface area contributed by atoms with Crippen LogP contribution in [0.5, 0.6) is 11.5 Å². The van der Waals surface area contributed by atoms with Gasteiger partial charge >= 0.3 is 0 Å². The normalized spacial score (nSPS) is 14.6. The molecule has 0 aliphatic carbocycles. The van der Waals surface area contributed by atoms with E-state index in [1.165, 1.54) is 55.8 Å². The van der Waals surface area contributed by atoms with Gasteiger partial charge in [-0.3, -0.25) is 0 Å². The summed E-state index contributed by atoms with van der Waals surface area (Å²) < 4.78 is 29.1. The second kappa shape index (κ2) is 13.8. The van der Waals surface area contributed by atoms with Crippen molar-refractivity contribution in [3.63, 3.8) is 0 Å². The molecule has 0 spiro atoms. The average Bonchev–Trinajstić information content (AvgIpc) is 3.64. The summed E-state index contributed by atoms with van der Waals surface area (Å²) in [5, 5.41) is 0. The molecule has 9 rings (SSSR count). The van der Waals surface area contributed by atoms with Gasteiger partial charge in [-0.05, 0) is 83.6 Å². The Bertz CT molecular complexity index is 1980. The number of hydrogen-bond donors (Lipinski definition) is 0. The van der Waals surface area contributed by atoms with E-state index >= 15 is 0 Å². The van der Waals surface area contributed by atoms with E-state index in [1.54, 1.807) is 0 Å². The molecule has 2 aliphatic rings. The second-order valence-electron chi connectivity index (χ2n) is 11.9. The Balaban J connectivity index is 1.34. The second-order valence-corrected chi connectivity index (χ2v) is 11.9. The predicted molar refractivity (Wildman–Crippen MR) is 191 cm³/mol. The molecule has 0 radical (unpaired) electrons. The summed E-state index contributed by atoms with van der Waals surface area (Å²) in [6.45, 7) is 3.10. The van der Waals surface area contributed by atoms with Gasteiger partial charge in [0.25, 0.3) is 0 Å². The van der Waals surface area contributed by atoms with E-state index in [9.17, 15) is 0 Å². The number of hydrogen-bond acceptors (Lipinski definition) is 4. The van der Waals surface area contributed by atoms with E-state index in [0.29, 0.717) is 39.6 Å². The predicted octanol–water partition coefficient (Wildman–Crippen LogP) is 8.78. The molecule has 6 nitrogen and oxygen atoms in total. The maximum absolute atomic E-state index is 6.21. The van der Waals surface area contributed by atoms with Crippen molar-refractivity contribution in [3.8, 4) is 45.1 Å². The monoisotopic (exact) mass is 634 g/mol. The Morgan fingerprint density at radius 1 is 0.396 bits per heavy atom. The van der Waals surface area contributed by atoms with E-state index in [0.717, 1.165) is 24.3 Å². The first-order chi connectivity index (χ1) is 23.9. The lowest BCUT2D eigenvalue weighted by atomic mass is 9.93. The zero-order valence-corrected chi connectivity index (χ0v) is 26.9. The van der Waals surface area contributed by atoms with Crippen LogP contribution in [0.4, 0.5) is 0 Å². The number of nitrogens with zero attached hydrogens (tertiary/aromatic N) is 2. The third kappa shape index (κ3) is 5.85. The Hall–Kier alpha value is -5.30. The first-order valence-corrected chi connectivity index (χ1v) is 16.7. The van der Waals surface area contributed by atoms with Crippen LogP contribution in [0.25, 0.3) is 44.7 Å². The molecule has 7 aromatic rings. The van der Waals surface area contributed by atoms with Gasteiger partial charge in [-0.2, -0.15) is 0 Å². The summed E-state index contributed by atoms with van der Waals surface area (Å²) >= 11 is 0. The lowest BCUT2D eigenvalue weighted by molar-refractivity contribution is 0.101. The molecule has 4 aromatic heterocycles. The van der Waals surface area contributed by atoms with Crippen molar-refractivity contribution in [2.75, 3.05) is 39.6 Å². The Labute approximate surface area is 280 Å². The van der Waals surface area contributed by atoms with Gasteiger partial charge < -0.3 is 27.7 Å². The molecule has 0 atom stereocenters. The molecule has 6 heterocycles. The molecule has 0 saturated heterocycles. The summed E-state index contributed by atoms with van der Waals surface area (Å²) in [6.07, 6.45) is 5.91. The van der Waals surface area contributed by atoms with Crippen LogP contribution >= 0.6 is 0 Å². The van der Waals surface area contributed by atoms with E-state index in [4.69, 9.17) is 18.9 Å². The molecule has 0 fully saturated rings. The fourth-order valence-electron chi connectivity index (χ4n) is 6.98. The minimum atomic E-state index is 0.473. The number of fused-ring (bicyclic) bond motifs is 14. The van der Waals surface area contributed by atoms with Crippen molar-refractivity contribution >= 4 is 11.0 Å². The minimum absolute atomic E-state index is 0.473. The quantitative estimate of drug-likeness (QED) is 0.191. The molecule has 240 valence electrons. The topological polar surface area (TPSA) is 45.7 Å². The highest BCUT2D eigenvalue weighted by Crippen LogP contribution is 2.46. The summed E-state index contributed by atoms with van der Waals surface area (Å²) in [7, 11) is 0. The lowest BCUT2D eigenvalue weighted by Gasteiger charge is -2.14. The van der Waals surface area contributed by atoms with Crippen LogP contribution in [0.2, 0.25) is 0 Å². The lowest BCUT2D eigenvalue weighted by Crippen LogP contribution is -2.10. The van der Waals surface area contributed by atoms with E-state index in [1.807, 2.05) is 24.3 Å². The number of aromatic nitrogens is 2. The molecular weight excluding hydrogens is 596 g/mol. The Morgan fingerprint density at radius 3 is 1.25 bits per heavy atom. The standard InChI is InChI=1S/C42H38N2O4/c1-3-11-31(12-4-1)39-35-21-25-45-27-29-47-33-17-19-34(20-18-33)48-30-28-46-26-22-36-38-16-8-10-24-44(38)42(40(36)32-13-5-2-6-14-32)41(39)43-23-9-7-15-37(35)43/h1-20,23-24H,21-22,25-30H2. The van der Waals surface area contributed by atoms with Crippen molar-refractivity contribution in [1.82, 2.24) is 8.80 Å². The molecule has 48 heavy (non-hydrogen) atoms. The van der Waals surface area contributed by atoms with Gasteiger partial charge in [0.05, 0.1) is 37.8 Å². The van der Waals surface area contributed by atoms with Crippen LogP contribution in [-0.2, 0) is 22.3 Å². The molecule has 6 bridgehead atoms. The summed E-state index contributed by atoms with van der Waals surface area (Å²) in [4.78, 5) is 0. The van der Waals surface area contributed by atoms with Crippen LogP contribution in [0.15, 0.2) is 134 Å². The Kier molecular flexibility index (Phi) is 8.65. The molecule has 2 aliphatic heterocycles. The highest BCUT2D eigenvalue weighted by molar-refractivity contribution is 5.98.